The van der Waals surface area contributed by atoms with Crippen LogP contribution in [0.5, 0.6) is 17.2 Å². The number of ether oxygens (including phenoxy) is 3. The van der Waals surface area contributed by atoms with Gasteiger partial charge in [0, 0.05) is 13.1 Å². The summed E-state index contributed by atoms with van der Waals surface area (Å²) in [6, 6.07) is 12.0. The first-order valence-electron chi connectivity index (χ1n) is 8.66. The Morgan fingerprint density at radius 3 is 2.35 bits per heavy atom. The molecule has 0 amide bonds. The summed E-state index contributed by atoms with van der Waals surface area (Å²) in [6.07, 6.45) is 0. The molecule has 0 atom stereocenters. The maximum atomic E-state index is 13.0. The van der Waals surface area contributed by atoms with Gasteiger partial charge in [0.2, 0.25) is 10.0 Å². The molecule has 0 N–H and O–H groups in total. The Kier molecular flexibility index (Phi) is 5.68. The lowest BCUT2D eigenvalue weighted by molar-refractivity contribution is 0.171. The Hall–Kier alpha value is -2.25. The van der Waals surface area contributed by atoms with Crippen LogP contribution in [0.1, 0.15) is 19.4 Å². The van der Waals surface area contributed by atoms with Crippen molar-refractivity contribution < 1.29 is 22.6 Å². The van der Waals surface area contributed by atoms with E-state index >= 15 is 0 Å². The molecule has 1 aliphatic rings. The molecule has 0 radical (unpaired) electrons. The highest BCUT2D eigenvalue weighted by Gasteiger charge is 2.24. The van der Waals surface area contributed by atoms with Gasteiger partial charge in [-0.1, -0.05) is 13.0 Å². The van der Waals surface area contributed by atoms with Crippen molar-refractivity contribution in [2.24, 2.45) is 0 Å². The molecule has 1 aliphatic heterocycles. The van der Waals surface area contributed by atoms with Gasteiger partial charge in [-0.05, 0) is 48.9 Å². The predicted octanol–water partition coefficient (Wildman–Crippen LogP) is 3.07. The van der Waals surface area contributed by atoms with Crippen molar-refractivity contribution in [3.05, 3.63) is 48.0 Å². The molecule has 140 valence electrons. The molecule has 0 aromatic heterocycles. The van der Waals surface area contributed by atoms with Crippen LogP contribution in [0, 0.1) is 0 Å². The van der Waals surface area contributed by atoms with E-state index in [2.05, 4.69) is 0 Å². The van der Waals surface area contributed by atoms with Crippen LogP contribution in [0.4, 0.5) is 0 Å². The molecular formula is C19H23NO5S. The molecule has 2 aromatic rings. The Morgan fingerprint density at radius 1 is 1.00 bits per heavy atom. The van der Waals surface area contributed by atoms with Gasteiger partial charge in [-0.3, -0.25) is 0 Å². The zero-order valence-corrected chi connectivity index (χ0v) is 15.8. The number of rotatable bonds is 7. The number of nitrogens with zero attached hydrogens (tertiary/aromatic N) is 1. The molecular weight excluding hydrogens is 354 g/mol. The molecule has 0 fully saturated rings. The summed E-state index contributed by atoms with van der Waals surface area (Å²) >= 11 is 0. The summed E-state index contributed by atoms with van der Waals surface area (Å²) in [4.78, 5) is 0.250. The average molecular weight is 377 g/mol. The van der Waals surface area contributed by atoms with Crippen molar-refractivity contribution in [2.75, 3.05) is 26.4 Å². The second kappa shape index (κ2) is 7.97. The van der Waals surface area contributed by atoms with E-state index in [1.165, 1.54) is 4.31 Å². The van der Waals surface area contributed by atoms with Crippen molar-refractivity contribution in [3.63, 3.8) is 0 Å². The van der Waals surface area contributed by atoms with Crippen LogP contribution in [-0.2, 0) is 16.6 Å². The van der Waals surface area contributed by atoms with E-state index < -0.39 is 10.0 Å². The molecule has 1 heterocycles. The molecule has 0 saturated carbocycles. The highest BCUT2D eigenvalue weighted by atomic mass is 32.2. The summed E-state index contributed by atoms with van der Waals surface area (Å²) < 4.78 is 43.8. The summed E-state index contributed by atoms with van der Waals surface area (Å²) in [5.74, 6) is 2.00. The minimum atomic E-state index is -3.60. The van der Waals surface area contributed by atoms with Gasteiger partial charge < -0.3 is 14.2 Å². The maximum absolute atomic E-state index is 13.0. The molecule has 2 aromatic carbocycles. The Bertz CT molecular complexity index is 849. The number of fused-ring (bicyclic) bond motifs is 1. The summed E-state index contributed by atoms with van der Waals surface area (Å²) in [6.45, 7) is 5.91. The van der Waals surface area contributed by atoms with E-state index in [1.54, 1.807) is 24.3 Å². The summed E-state index contributed by atoms with van der Waals surface area (Å²) in [5.41, 5.74) is 0.852. The minimum absolute atomic E-state index is 0.250. The van der Waals surface area contributed by atoms with E-state index in [-0.39, 0.29) is 11.4 Å². The van der Waals surface area contributed by atoms with Crippen molar-refractivity contribution in [1.82, 2.24) is 4.31 Å². The number of sulfonamides is 1. The van der Waals surface area contributed by atoms with Crippen molar-refractivity contribution >= 4 is 10.0 Å². The highest BCUT2D eigenvalue weighted by Crippen LogP contribution is 2.31. The molecule has 6 nitrogen and oxygen atoms in total. The van der Waals surface area contributed by atoms with E-state index in [1.807, 2.05) is 32.0 Å². The van der Waals surface area contributed by atoms with Crippen molar-refractivity contribution in [1.29, 1.82) is 0 Å². The topological polar surface area (TPSA) is 65.1 Å². The van der Waals surface area contributed by atoms with Crippen LogP contribution < -0.4 is 14.2 Å². The Morgan fingerprint density at radius 2 is 1.69 bits per heavy atom. The summed E-state index contributed by atoms with van der Waals surface area (Å²) in [7, 11) is -3.60. The van der Waals surface area contributed by atoms with Crippen molar-refractivity contribution in [3.8, 4) is 17.2 Å². The SMILES string of the molecule is CCOc1ccc(S(=O)(=O)N(CC)Cc2ccc3c(c2)OCCO3)cc1. The largest absolute Gasteiger partial charge is 0.494 e. The third-order valence-electron chi connectivity index (χ3n) is 4.09. The molecule has 3 rings (SSSR count). The number of benzene rings is 2. The standard InChI is InChI=1S/C19H23NO5S/c1-3-20(14-15-5-10-18-19(13-15)25-12-11-24-18)26(21,22)17-8-6-16(7-9-17)23-4-2/h5-10,13H,3-4,11-12,14H2,1-2H3. The normalized spacial score (nSPS) is 13.7. The third kappa shape index (κ3) is 3.94. The van der Waals surface area contributed by atoms with Crippen molar-refractivity contribution in [2.45, 2.75) is 25.3 Å². The minimum Gasteiger partial charge on any atom is -0.494 e. The second-order valence-corrected chi connectivity index (χ2v) is 7.75. The molecule has 0 spiro atoms. The van der Waals surface area contributed by atoms with Gasteiger partial charge in [0.1, 0.15) is 19.0 Å². The van der Waals surface area contributed by atoms with E-state index in [4.69, 9.17) is 14.2 Å². The fourth-order valence-corrected chi connectivity index (χ4v) is 4.22. The molecule has 26 heavy (non-hydrogen) atoms. The summed E-state index contributed by atoms with van der Waals surface area (Å²) in [5, 5.41) is 0. The van der Waals surface area contributed by atoms with Crippen LogP contribution in [0.3, 0.4) is 0 Å². The zero-order valence-electron chi connectivity index (χ0n) is 15.0. The van der Waals surface area contributed by atoms with Gasteiger partial charge in [0.15, 0.2) is 11.5 Å². The second-order valence-electron chi connectivity index (χ2n) is 5.81. The van der Waals surface area contributed by atoms with Crippen LogP contribution >= 0.6 is 0 Å². The van der Waals surface area contributed by atoms with E-state index in [0.717, 1.165) is 5.56 Å². The van der Waals surface area contributed by atoms with E-state index in [9.17, 15) is 8.42 Å². The maximum Gasteiger partial charge on any atom is 0.243 e. The quantitative estimate of drug-likeness (QED) is 0.742. The van der Waals surface area contributed by atoms with Gasteiger partial charge >= 0.3 is 0 Å². The molecule has 0 saturated heterocycles. The lowest BCUT2D eigenvalue weighted by atomic mass is 10.2. The first kappa shape index (κ1) is 18.5. The van der Waals surface area contributed by atoms with Gasteiger partial charge in [-0.25, -0.2) is 8.42 Å². The Labute approximate surface area is 154 Å². The van der Waals surface area contributed by atoms with Crippen LogP contribution in [0.15, 0.2) is 47.4 Å². The van der Waals surface area contributed by atoms with Gasteiger partial charge in [0.25, 0.3) is 0 Å². The molecule has 0 bridgehead atoms. The first-order chi connectivity index (χ1) is 12.5. The fourth-order valence-electron chi connectivity index (χ4n) is 2.78. The molecule has 0 unspecified atom stereocenters. The van der Waals surface area contributed by atoms with Gasteiger partial charge in [-0.2, -0.15) is 4.31 Å². The molecule has 7 heteroatoms. The average Bonchev–Trinajstić information content (AvgIpc) is 2.66. The van der Waals surface area contributed by atoms with Crippen LogP contribution in [0.25, 0.3) is 0 Å². The Balaban J connectivity index is 1.80. The third-order valence-corrected chi connectivity index (χ3v) is 6.03. The highest BCUT2D eigenvalue weighted by molar-refractivity contribution is 7.89. The van der Waals surface area contributed by atoms with Gasteiger partial charge in [-0.15, -0.1) is 0 Å². The molecule has 0 aliphatic carbocycles. The predicted molar refractivity (Wildman–Crippen MR) is 98.3 cm³/mol. The van der Waals surface area contributed by atoms with E-state index in [0.29, 0.717) is 43.6 Å². The number of hydrogen-bond donors (Lipinski definition) is 0. The zero-order chi connectivity index (χ0) is 18.6. The lowest BCUT2D eigenvalue weighted by Gasteiger charge is -2.23. The smallest absolute Gasteiger partial charge is 0.243 e. The van der Waals surface area contributed by atoms with Gasteiger partial charge in [0.05, 0.1) is 11.5 Å². The van der Waals surface area contributed by atoms with Crippen LogP contribution in [-0.4, -0.2) is 39.1 Å². The lowest BCUT2D eigenvalue weighted by Crippen LogP contribution is -2.30. The van der Waals surface area contributed by atoms with Crippen LogP contribution in [0.2, 0.25) is 0 Å². The fraction of sp³-hybridized carbons (Fsp3) is 0.368. The first-order valence-corrected chi connectivity index (χ1v) is 10.1. The monoisotopic (exact) mass is 377 g/mol. The number of hydrogen-bond acceptors (Lipinski definition) is 5.